The van der Waals surface area contributed by atoms with E-state index in [0.29, 0.717) is 0 Å². The molecule has 0 aromatic heterocycles. The molecule has 0 bridgehead atoms. The van der Waals surface area contributed by atoms with Crippen LogP contribution in [0.2, 0.25) is 0 Å². The van der Waals surface area contributed by atoms with Gasteiger partial charge in [0.05, 0.1) is 5.60 Å². The van der Waals surface area contributed by atoms with Crippen LogP contribution >= 0.6 is 0 Å². The third-order valence-electron chi connectivity index (χ3n) is 2.95. The van der Waals surface area contributed by atoms with Crippen molar-refractivity contribution in [2.75, 3.05) is 13.1 Å². The molecule has 2 heteroatoms. The Hall–Kier alpha value is -0.340. The first-order chi connectivity index (χ1) is 5.87. The lowest BCUT2D eigenvalue weighted by Crippen LogP contribution is -2.55. The summed E-state index contributed by atoms with van der Waals surface area (Å²) in [5.41, 5.74) is 0.497. The van der Waals surface area contributed by atoms with E-state index in [4.69, 9.17) is 0 Å². The highest BCUT2D eigenvalue weighted by atomic mass is 16.3. The first-order valence-electron chi connectivity index (χ1n) is 4.97. The highest BCUT2D eigenvalue weighted by molar-refractivity contribution is 5.14. The van der Waals surface area contributed by atoms with Crippen molar-refractivity contribution in [3.05, 3.63) is 11.6 Å². The van der Waals surface area contributed by atoms with Crippen LogP contribution in [-0.4, -0.2) is 23.8 Å². The maximum absolute atomic E-state index is 10.5. The van der Waals surface area contributed by atoms with Crippen molar-refractivity contribution in [2.45, 2.75) is 39.7 Å². The topological polar surface area (TPSA) is 32.3 Å². The lowest BCUT2D eigenvalue weighted by Gasteiger charge is -2.45. The van der Waals surface area contributed by atoms with Gasteiger partial charge in [0.25, 0.3) is 0 Å². The second-order valence-electron chi connectivity index (χ2n) is 4.96. The number of hydrogen-bond acceptors (Lipinski definition) is 2. The molecule has 1 unspecified atom stereocenters. The van der Waals surface area contributed by atoms with Crippen LogP contribution in [0.25, 0.3) is 0 Å². The minimum atomic E-state index is -0.628. The Balaban J connectivity index is 2.91. The Bertz CT molecular complexity index is 216. The summed E-state index contributed by atoms with van der Waals surface area (Å²) in [6, 6.07) is 0. The van der Waals surface area contributed by atoms with Crippen molar-refractivity contribution < 1.29 is 5.11 Å². The molecule has 1 aliphatic rings. The first kappa shape index (κ1) is 10.7. The van der Waals surface area contributed by atoms with E-state index in [0.717, 1.165) is 19.5 Å². The molecular weight excluding hydrogens is 162 g/mol. The Morgan fingerprint density at radius 1 is 1.38 bits per heavy atom. The van der Waals surface area contributed by atoms with Crippen molar-refractivity contribution in [3.63, 3.8) is 0 Å². The van der Waals surface area contributed by atoms with Gasteiger partial charge in [0.15, 0.2) is 0 Å². The minimum absolute atomic E-state index is 0.0669. The molecule has 1 rings (SSSR count). The van der Waals surface area contributed by atoms with Crippen LogP contribution < -0.4 is 5.32 Å². The third kappa shape index (κ3) is 2.12. The van der Waals surface area contributed by atoms with E-state index in [-0.39, 0.29) is 5.41 Å². The van der Waals surface area contributed by atoms with E-state index in [9.17, 15) is 5.11 Å². The SMILES string of the molecule is CC(C)=CC1(O)CCNCC1(C)C. The molecule has 1 atom stereocenters. The molecule has 13 heavy (non-hydrogen) atoms. The summed E-state index contributed by atoms with van der Waals surface area (Å²) in [4.78, 5) is 0. The Morgan fingerprint density at radius 3 is 2.46 bits per heavy atom. The van der Waals surface area contributed by atoms with Gasteiger partial charge in [0.2, 0.25) is 0 Å². The molecule has 0 aliphatic carbocycles. The van der Waals surface area contributed by atoms with Crippen molar-refractivity contribution in [2.24, 2.45) is 5.41 Å². The summed E-state index contributed by atoms with van der Waals surface area (Å²) in [6.07, 6.45) is 2.82. The van der Waals surface area contributed by atoms with Crippen LogP contribution in [0.5, 0.6) is 0 Å². The van der Waals surface area contributed by atoms with Crippen molar-refractivity contribution >= 4 is 0 Å². The predicted molar refractivity (Wildman–Crippen MR) is 55.6 cm³/mol. The van der Waals surface area contributed by atoms with Crippen molar-refractivity contribution in [1.82, 2.24) is 5.32 Å². The maximum Gasteiger partial charge on any atom is 0.0904 e. The second-order valence-corrected chi connectivity index (χ2v) is 4.96. The molecule has 0 aromatic rings. The molecule has 76 valence electrons. The van der Waals surface area contributed by atoms with E-state index in [1.807, 2.05) is 19.9 Å². The van der Waals surface area contributed by atoms with Crippen LogP contribution in [0.15, 0.2) is 11.6 Å². The van der Waals surface area contributed by atoms with Gasteiger partial charge in [-0.3, -0.25) is 0 Å². The maximum atomic E-state index is 10.5. The third-order valence-corrected chi connectivity index (χ3v) is 2.95. The molecule has 0 aromatic carbocycles. The zero-order chi connectivity index (χ0) is 10.1. The first-order valence-corrected chi connectivity index (χ1v) is 4.97. The van der Waals surface area contributed by atoms with E-state index >= 15 is 0 Å². The molecule has 0 spiro atoms. The fourth-order valence-electron chi connectivity index (χ4n) is 1.92. The molecule has 2 N–H and O–H groups in total. The van der Waals surface area contributed by atoms with Gasteiger partial charge in [0, 0.05) is 12.0 Å². The van der Waals surface area contributed by atoms with E-state index in [2.05, 4.69) is 19.2 Å². The average Bonchev–Trinajstić information content (AvgIpc) is 1.94. The van der Waals surface area contributed by atoms with Crippen LogP contribution in [0.1, 0.15) is 34.1 Å². The second kappa shape index (κ2) is 3.43. The number of aliphatic hydroxyl groups is 1. The van der Waals surface area contributed by atoms with Gasteiger partial charge >= 0.3 is 0 Å². The van der Waals surface area contributed by atoms with Crippen LogP contribution in [-0.2, 0) is 0 Å². The average molecular weight is 183 g/mol. The quantitative estimate of drug-likeness (QED) is 0.606. The Morgan fingerprint density at radius 2 is 2.00 bits per heavy atom. The zero-order valence-electron chi connectivity index (χ0n) is 9.15. The highest BCUT2D eigenvalue weighted by Crippen LogP contribution is 2.37. The van der Waals surface area contributed by atoms with E-state index < -0.39 is 5.60 Å². The van der Waals surface area contributed by atoms with Gasteiger partial charge in [-0.15, -0.1) is 0 Å². The largest absolute Gasteiger partial charge is 0.385 e. The van der Waals surface area contributed by atoms with Crippen LogP contribution in [0.3, 0.4) is 0 Å². The normalized spacial score (nSPS) is 32.7. The number of piperidine rings is 1. The monoisotopic (exact) mass is 183 g/mol. The highest BCUT2D eigenvalue weighted by Gasteiger charge is 2.43. The van der Waals surface area contributed by atoms with Crippen LogP contribution in [0, 0.1) is 5.41 Å². The van der Waals surface area contributed by atoms with Gasteiger partial charge in [-0.2, -0.15) is 0 Å². The molecule has 2 nitrogen and oxygen atoms in total. The summed E-state index contributed by atoms with van der Waals surface area (Å²) in [7, 11) is 0. The lowest BCUT2D eigenvalue weighted by molar-refractivity contribution is -0.0473. The van der Waals surface area contributed by atoms with Crippen molar-refractivity contribution in [3.8, 4) is 0 Å². The van der Waals surface area contributed by atoms with Crippen LogP contribution in [0.4, 0.5) is 0 Å². The molecule has 0 amide bonds. The number of nitrogens with one attached hydrogen (secondary N) is 1. The Labute approximate surface area is 81.0 Å². The zero-order valence-corrected chi connectivity index (χ0v) is 9.15. The molecule has 1 heterocycles. The molecule has 1 saturated heterocycles. The fraction of sp³-hybridized carbons (Fsp3) is 0.818. The molecule has 0 saturated carbocycles. The standard InChI is InChI=1S/C11H21NO/c1-9(2)7-11(13)5-6-12-8-10(11,3)4/h7,12-13H,5-6,8H2,1-4H3. The van der Waals surface area contributed by atoms with Gasteiger partial charge in [-0.25, -0.2) is 0 Å². The van der Waals surface area contributed by atoms with E-state index in [1.165, 1.54) is 5.57 Å². The summed E-state index contributed by atoms with van der Waals surface area (Å²) >= 11 is 0. The molecule has 1 fully saturated rings. The minimum Gasteiger partial charge on any atom is -0.385 e. The Kier molecular flexibility index (Phi) is 2.83. The van der Waals surface area contributed by atoms with Crippen molar-refractivity contribution in [1.29, 1.82) is 0 Å². The summed E-state index contributed by atoms with van der Waals surface area (Å²) in [5.74, 6) is 0. The van der Waals surface area contributed by atoms with Gasteiger partial charge in [-0.05, 0) is 26.8 Å². The molecule has 0 radical (unpaired) electrons. The van der Waals surface area contributed by atoms with Gasteiger partial charge < -0.3 is 10.4 Å². The smallest absolute Gasteiger partial charge is 0.0904 e. The van der Waals surface area contributed by atoms with Gasteiger partial charge in [-0.1, -0.05) is 25.5 Å². The summed E-state index contributed by atoms with van der Waals surface area (Å²) < 4.78 is 0. The number of hydrogen-bond donors (Lipinski definition) is 2. The lowest BCUT2D eigenvalue weighted by atomic mass is 9.70. The number of allylic oxidation sites excluding steroid dienone is 1. The predicted octanol–water partition coefficient (Wildman–Crippen LogP) is 1.70. The number of rotatable bonds is 1. The fourth-order valence-corrected chi connectivity index (χ4v) is 1.92. The van der Waals surface area contributed by atoms with E-state index in [1.54, 1.807) is 0 Å². The molecular formula is C11H21NO. The molecule has 1 aliphatic heterocycles. The summed E-state index contributed by atoms with van der Waals surface area (Å²) in [5, 5.41) is 13.8. The summed E-state index contributed by atoms with van der Waals surface area (Å²) in [6.45, 7) is 10.1. The van der Waals surface area contributed by atoms with Gasteiger partial charge in [0.1, 0.15) is 0 Å².